The van der Waals surface area contributed by atoms with E-state index in [0.717, 1.165) is 12.7 Å². The van der Waals surface area contributed by atoms with Gasteiger partial charge in [-0.05, 0) is 0 Å². The predicted octanol–water partition coefficient (Wildman–Crippen LogP) is 3.76. The van der Waals surface area contributed by atoms with E-state index in [2.05, 4.69) is 19.9 Å². The van der Waals surface area contributed by atoms with Gasteiger partial charge in [-0.1, -0.05) is 37.0 Å². The van der Waals surface area contributed by atoms with Crippen LogP contribution in [0.3, 0.4) is 0 Å². The first-order valence-corrected chi connectivity index (χ1v) is 6.50. The normalized spacial score (nSPS) is 14.1. The molecule has 0 aliphatic rings. The van der Waals surface area contributed by atoms with Gasteiger partial charge in [-0.3, -0.25) is 0 Å². The topological polar surface area (TPSA) is 51.6 Å². The predicted molar refractivity (Wildman–Crippen MR) is 70.8 cm³/mol. The van der Waals surface area contributed by atoms with Crippen molar-refractivity contribution in [2.45, 2.75) is 25.7 Å². The first-order valence-electron chi connectivity index (χ1n) is 5.75. The Kier molecular flexibility index (Phi) is 4.45. The molecule has 0 N–H and O–H groups in total. The summed E-state index contributed by atoms with van der Waals surface area (Å²) >= 11 is 11.2. The Morgan fingerprint density at radius 1 is 0.800 bits per heavy atom. The van der Waals surface area contributed by atoms with E-state index in [1.807, 2.05) is 0 Å². The number of rotatable bonds is 3. The average Bonchev–Trinajstić information content (AvgIpc) is 2.43. The zero-order valence-corrected chi connectivity index (χ0v) is 12.1. The summed E-state index contributed by atoms with van der Waals surface area (Å²) in [5, 5.41) is -0.537. The molecule has 0 fully saturated rings. The van der Waals surface area contributed by atoms with Crippen molar-refractivity contribution in [3.63, 3.8) is 0 Å². The molecule has 0 radical (unpaired) electrons. The van der Waals surface area contributed by atoms with E-state index in [9.17, 15) is 8.78 Å². The van der Waals surface area contributed by atoms with Crippen molar-refractivity contribution in [1.82, 2.24) is 19.9 Å². The van der Waals surface area contributed by atoms with Crippen LogP contribution in [0.2, 0.25) is 10.3 Å². The quantitative estimate of drug-likeness (QED) is 0.808. The van der Waals surface area contributed by atoms with Crippen molar-refractivity contribution in [3.8, 4) is 0 Å². The molecule has 2 rings (SSSR count). The summed E-state index contributed by atoms with van der Waals surface area (Å²) in [6.45, 7) is 3.39. The van der Waals surface area contributed by atoms with Gasteiger partial charge >= 0.3 is 0 Å². The average molecular weight is 319 g/mol. The van der Waals surface area contributed by atoms with E-state index in [1.54, 1.807) is 13.8 Å². The minimum absolute atomic E-state index is 0.103. The number of halogens is 4. The number of hydrogen-bond donors (Lipinski definition) is 0. The van der Waals surface area contributed by atoms with Gasteiger partial charge in [-0.25, -0.2) is 28.7 Å². The van der Waals surface area contributed by atoms with Crippen LogP contribution in [-0.2, 0) is 0 Å². The summed E-state index contributed by atoms with van der Waals surface area (Å²) in [7, 11) is 0. The molecule has 0 aromatic carbocycles. The van der Waals surface area contributed by atoms with Gasteiger partial charge in [0, 0.05) is 11.8 Å². The van der Waals surface area contributed by atoms with Gasteiger partial charge in [-0.2, -0.15) is 0 Å². The highest BCUT2D eigenvalue weighted by molar-refractivity contribution is 6.29. The number of nitrogens with zero attached hydrogens (tertiary/aromatic N) is 4. The zero-order chi connectivity index (χ0) is 14.9. The summed E-state index contributed by atoms with van der Waals surface area (Å²) in [5.74, 6) is -2.35. The minimum Gasteiger partial charge on any atom is -0.238 e. The van der Waals surface area contributed by atoms with Crippen molar-refractivity contribution >= 4 is 23.2 Å². The SMILES string of the molecule is CC(c1ncnc(Cl)c1F)C(C)c1ncnc(Cl)c1F. The van der Waals surface area contributed by atoms with Crippen molar-refractivity contribution in [2.24, 2.45) is 0 Å². The summed E-state index contributed by atoms with van der Waals surface area (Å²) in [4.78, 5) is 14.8. The highest BCUT2D eigenvalue weighted by atomic mass is 35.5. The molecule has 20 heavy (non-hydrogen) atoms. The third-order valence-electron chi connectivity index (χ3n) is 3.16. The lowest BCUT2D eigenvalue weighted by Gasteiger charge is -2.19. The molecule has 8 heteroatoms. The highest BCUT2D eigenvalue weighted by Gasteiger charge is 2.26. The van der Waals surface area contributed by atoms with E-state index >= 15 is 0 Å². The summed E-state index contributed by atoms with van der Waals surface area (Å²) in [5.41, 5.74) is 0.207. The van der Waals surface area contributed by atoms with Crippen LogP contribution >= 0.6 is 23.2 Å². The van der Waals surface area contributed by atoms with Crippen molar-refractivity contribution in [1.29, 1.82) is 0 Å². The second-order valence-electron chi connectivity index (χ2n) is 4.30. The molecule has 0 saturated heterocycles. The van der Waals surface area contributed by atoms with E-state index in [0.29, 0.717) is 0 Å². The van der Waals surface area contributed by atoms with Crippen LogP contribution in [0.15, 0.2) is 12.7 Å². The fraction of sp³-hybridized carbons (Fsp3) is 0.333. The molecule has 0 spiro atoms. The van der Waals surface area contributed by atoms with Crippen LogP contribution in [0, 0.1) is 11.6 Å². The van der Waals surface area contributed by atoms with Gasteiger partial charge in [-0.15, -0.1) is 0 Å². The lowest BCUT2D eigenvalue weighted by atomic mass is 9.89. The van der Waals surface area contributed by atoms with Crippen LogP contribution < -0.4 is 0 Å². The maximum absolute atomic E-state index is 13.9. The molecule has 0 aliphatic carbocycles. The molecule has 2 aromatic heterocycles. The van der Waals surface area contributed by atoms with Gasteiger partial charge < -0.3 is 0 Å². The third-order valence-corrected chi connectivity index (χ3v) is 3.69. The van der Waals surface area contributed by atoms with Gasteiger partial charge in [0.25, 0.3) is 0 Å². The van der Waals surface area contributed by atoms with Crippen molar-refractivity contribution < 1.29 is 8.78 Å². The number of aromatic nitrogens is 4. The van der Waals surface area contributed by atoms with E-state index < -0.39 is 23.5 Å². The second-order valence-corrected chi connectivity index (χ2v) is 5.02. The van der Waals surface area contributed by atoms with Crippen LogP contribution in [0.5, 0.6) is 0 Å². The Balaban J connectivity index is 2.40. The van der Waals surface area contributed by atoms with Crippen LogP contribution in [0.1, 0.15) is 37.1 Å². The Morgan fingerprint density at radius 3 is 1.50 bits per heavy atom. The molecular weight excluding hydrogens is 309 g/mol. The Labute approximate surface area is 124 Å². The third kappa shape index (κ3) is 2.71. The van der Waals surface area contributed by atoms with Gasteiger partial charge in [0.15, 0.2) is 21.9 Å². The molecule has 0 amide bonds. The number of hydrogen-bond acceptors (Lipinski definition) is 4. The van der Waals surface area contributed by atoms with Crippen LogP contribution in [-0.4, -0.2) is 19.9 Å². The molecule has 0 aliphatic heterocycles. The first-order chi connectivity index (χ1) is 9.43. The van der Waals surface area contributed by atoms with Crippen LogP contribution in [0.4, 0.5) is 8.78 Å². The fourth-order valence-corrected chi connectivity index (χ4v) is 2.11. The largest absolute Gasteiger partial charge is 0.238 e. The molecule has 106 valence electrons. The second kappa shape index (κ2) is 5.93. The Morgan fingerprint density at radius 2 is 1.15 bits per heavy atom. The summed E-state index contributed by atoms with van der Waals surface area (Å²) in [6.07, 6.45) is 2.32. The zero-order valence-electron chi connectivity index (χ0n) is 10.6. The molecule has 2 unspecified atom stereocenters. The minimum atomic E-state index is -0.714. The molecular formula is C12H10Cl2F2N4. The maximum Gasteiger partial charge on any atom is 0.182 e. The highest BCUT2D eigenvalue weighted by Crippen LogP contribution is 2.34. The summed E-state index contributed by atoms with van der Waals surface area (Å²) in [6, 6.07) is 0. The standard InChI is InChI=1S/C12H10Cl2F2N4/c1-5(9-7(15)11(13)19-3-17-9)6(2)10-8(16)12(14)20-4-18-10/h3-6H,1-2H3. The van der Waals surface area contributed by atoms with E-state index in [1.165, 1.54) is 0 Å². The van der Waals surface area contributed by atoms with Gasteiger partial charge in [0.1, 0.15) is 12.7 Å². The van der Waals surface area contributed by atoms with E-state index in [4.69, 9.17) is 23.2 Å². The lowest BCUT2D eigenvalue weighted by Crippen LogP contribution is -2.13. The molecule has 2 heterocycles. The molecule has 2 atom stereocenters. The Hall–Kier alpha value is -1.40. The fourth-order valence-electron chi connectivity index (χ4n) is 1.83. The summed E-state index contributed by atoms with van der Waals surface area (Å²) < 4.78 is 27.8. The maximum atomic E-state index is 13.9. The monoisotopic (exact) mass is 318 g/mol. The lowest BCUT2D eigenvalue weighted by molar-refractivity contribution is 0.498. The molecule has 0 saturated carbocycles. The van der Waals surface area contributed by atoms with Gasteiger partial charge in [0.05, 0.1) is 11.4 Å². The van der Waals surface area contributed by atoms with Crippen LogP contribution in [0.25, 0.3) is 0 Å². The van der Waals surface area contributed by atoms with Crippen molar-refractivity contribution in [3.05, 3.63) is 46.0 Å². The molecule has 4 nitrogen and oxygen atoms in total. The van der Waals surface area contributed by atoms with Gasteiger partial charge in [0.2, 0.25) is 0 Å². The smallest absolute Gasteiger partial charge is 0.182 e. The molecule has 2 aromatic rings. The van der Waals surface area contributed by atoms with E-state index in [-0.39, 0.29) is 21.7 Å². The molecule has 0 bridgehead atoms. The van der Waals surface area contributed by atoms with Crippen molar-refractivity contribution in [2.75, 3.05) is 0 Å². The first kappa shape index (κ1) is 15.0. The Bertz CT molecular complexity index is 583.